The normalized spacial score (nSPS) is 13.8. The molecule has 3 nitrogen and oxygen atoms in total. The van der Waals surface area contributed by atoms with E-state index in [4.69, 9.17) is 4.74 Å². The molecule has 3 heteroatoms. The van der Waals surface area contributed by atoms with Gasteiger partial charge in [0.15, 0.2) is 0 Å². The molecule has 0 radical (unpaired) electrons. The fraction of sp³-hybridized carbons (Fsp3) is 0.562. The summed E-state index contributed by atoms with van der Waals surface area (Å²) in [6, 6.07) is 10.5. The van der Waals surface area contributed by atoms with Gasteiger partial charge >= 0.3 is 5.97 Å². The summed E-state index contributed by atoms with van der Waals surface area (Å²) < 4.78 is 4.86. The van der Waals surface area contributed by atoms with Crippen LogP contribution in [-0.4, -0.2) is 25.2 Å². The maximum Gasteiger partial charge on any atom is 0.322 e. The van der Waals surface area contributed by atoms with Crippen molar-refractivity contribution in [3.63, 3.8) is 0 Å². The van der Waals surface area contributed by atoms with Crippen LogP contribution in [0.2, 0.25) is 0 Å². The fourth-order valence-electron chi connectivity index (χ4n) is 2.03. The number of benzene rings is 1. The Balaban J connectivity index is 2.42. The lowest BCUT2D eigenvalue weighted by molar-refractivity contribution is -0.143. The van der Waals surface area contributed by atoms with Crippen LogP contribution in [0.1, 0.15) is 38.7 Å². The first-order chi connectivity index (χ1) is 9.17. The minimum Gasteiger partial charge on any atom is -0.468 e. The second-order valence-corrected chi connectivity index (χ2v) is 4.93. The van der Waals surface area contributed by atoms with Crippen molar-refractivity contribution in [2.75, 3.05) is 7.11 Å². The summed E-state index contributed by atoms with van der Waals surface area (Å²) in [6.07, 6.45) is 3.79. The molecule has 0 fully saturated rings. The van der Waals surface area contributed by atoms with Crippen LogP contribution >= 0.6 is 0 Å². The van der Waals surface area contributed by atoms with Crippen LogP contribution in [0.5, 0.6) is 0 Å². The minimum absolute atomic E-state index is 0.159. The lowest BCUT2D eigenvalue weighted by Crippen LogP contribution is -2.42. The molecule has 1 rings (SSSR count). The van der Waals surface area contributed by atoms with Gasteiger partial charge in [0.1, 0.15) is 6.04 Å². The van der Waals surface area contributed by atoms with Crippen molar-refractivity contribution in [2.24, 2.45) is 0 Å². The zero-order chi connectivity index (χ0) is 14.1. The van der Waals surface area contributed by atoms with E-state index in [9.17, 15) is 4.79 Å². The highest BCUT2D eigenvalue weighted by molar-refractivity contribution is 5.75. The molecule has 106 valence electrons. The van der Waals surface area contributed by atoms with Gasteiger partial charge in [0, 0.05) is 6.04 Å². The lowest BCUT2D eigenvalue weighted by Gasteiger charge is -2.20. The molecular formula is C16H25NO2. The van der Waals surface area contributed by atoms with Crippen LogP contribution in [-0.2, 0) is 16.0 Å². The molecule has 1 N–H and O–H groups in total. The summed E-state index contributed by atoms with van der Waals surface area (Å²) in [5, 5.41) is 3.33. The Kier molecular flexibility index (Phi) is 7.19. The summed E-state index contributed by atoms with van der Waals surface area (Å²) in [5.41, 5.74) is 1.31. The van der Waals surface area contributed by atoms with Gasteiger partial charge in [-0.25, -0.2) is 0 Å². The molecule has 1 aromatic rings. The molecule has 0 aliphatic heterocycles. The van der Waals surface area contributed by atoms with E-state index in [2.05, 4.69) is 31.3 Å². The van der Waals surface area contributed by atoms with Crippen LogP contribution in [0.15, 0.2) is 30.3 Å². The van der Waals surface area contributed by atoms with Gasteiger partial charge in [-0.1, -0.05) is 37.3 Å². The number of nitrogens with one attached hydrogen (secondary N) is 1. The van der Waals surface area contributed by atoms with Crippen molar-refractivity contribution >= 4 is 5.97 Å². The van der Waals surface area contributed by atoms with Gasteiger partial charge in [0.2, 0.25) is 0 Å². The van der Waals surface area contributed by atoms with Crippen LogP contribution < -0.4 is 5.32 Å². The molecule has 2 atom stereocenters. The Morgan fingerprint density at radius 2 is 2.00 bits per heavy atom. The first kappa shape index (κ1) is 15.7. The van der Waals surface area contributed by atoms with Crippen LogP contribution in [0.3, 0.4) is 0 Å². The molecule has 0 bridgehead atoms. The Hall–Kier alpha value is -1.35. The fourth-order valence-corrected chi connectivity index (χ4v) is 2.03. The summed E-state index contributed by atoms with van der Waals surface area (Å²) in [7, 11) is 1.45. The molecule has 0 spiro atoms. The van der Waals surface area contributed by atoms with E-state index in [1.165, 1.54) is 12.7 Å². The number of hydrogen-bond acceptors (Lipinski definition) is 3. The van der Waals surface area contributed by atoms with Crippen molar-refractivity contribution < 1.29 is 9.53 Å². The Labute approximate surface area is 116 Å². The first-order valence-corrected chi connectivity index (χ1v) is 7.05. The van der Waals surface area contributed by atoms with E-state index in [0.717, 1.165) is 25.7 Å². The summed E-state index contributed by atoms with van der Waals surface area (Å²) in [6.45, 7) is 4.20. The number of carbonyl (C=O) groups is 1. The van der Waals surface area contributed by atoms with Gasteiger partial charge in [-0.15, -0.1) is 0 Å². The summed E-state index contributed by atoms with van der Waals surface area (Å²) in [5.74, 6) is -0.159. The Morgan fingerprint density at radius 3 is 2.58 bits per heavy atom. The summed E-state index contributed by atoms with van der Waals surface area (Å²) >= 11 is 0. The highest BCUT2D eigenvalue weighted by atomic mass is 16.5. The summed E-state index contributed by atoms with van der Waals surface area (Å²) in [4.78, 5) is 11.7. The molecule has 0 aliphatic rings. The third kappa shape index (κ3) is 5.88. The smallest absolute Gasteiger partial charge is 0.322 e. The van der Waals surface area contributed by atoms with Crippen molar-refractivity contribution in [3.05, 3.63) is 35.9 Å². The van der Waals surface area contributed by atoms with Gasteiger partial charge in [0.25, 0.3) is 0 Å². The second kappa shape index (κ2) is 8.70. The molecule has 1 aromatic carbocycles. The highest BCUT2D eigenvalue weighted by Gasteiger charge is 2.19. The van der Waals surface area contributed by atoms with Gasteiger partial charge in [-0.05, 0) is 38.2 Å². The quantitative estimate of drug-likeness (QED) is 0.733. The molecule has 0 aromatic heterocycles. The monoisotopic (exact) mass is 263 g/mol. The second-order valence-electron chi connectivity index (χ2n) is 4.93. The van der Waals surface area contributed by atoms with Crippen molar-refractivity contribution in [1.82, 2.24) is 5.32 Å². The molecule has 19 heavy (non-hydrogen) atoms. The van der Waals surface area contributed by atoms with Crippen molar-refractivity contribution in [2.45, 2.75) is 51.6 Å². The van der Waals surface area contributed by atoms with Gasteiger partial charge in [-0.3, -0.25) is 4.79 Å². The van der Waals surface area contributed by atoms with E-state index >= 15 is 0 Å². The number of hydrogen-bond donors (Lipinski definition) is 1. The third-order valence-electron chi connectivity index (χ3n) is 3.38. The maximum absolute atomic E-state index is 11.7. The van der Waals surface area contributed by atoms with E-state index in [0.29, 0.717) is 6.04 Å². The van der Waals surface area contributed by atoms with E-state index < -0.39 is 0 Å². The van der Waals surface area contributed by atoms with Crippen LogP contribution in [0.4, 0.5) is 0 Å². The Bertz CT molecular complexity index is 364. The number of rotatable bonds is 8. The Morgan fingerprint density at radius 1 is 1.32 bits per heavy atom. The SMILES string of the molecule is CCC(C)NC(CCCc1ccccc1)C(=O)OC. The third-order valence-corrected chi connectivity index (χ3v) is 3.38. The zero-order valence-electron chi connectivity index (χ0n) is 12.2. The van der Waals surface area contributed by atoms with Gasteiger partial charge in [0.05, 0.1) is 7.11 Å². The number of aryl methyl sites for hydroxylation is 1. The predicted molar refractivity (Wildman–Crippen MR) is 78.1 cm³/mol. The number of ether oxygens (including phenoxy) is 1. The van der Waals surface area contributed by atoms with Gasteiger partial charge in [-0.2, -0.15) is 0 Å². The van der Waals surface area contributed by atoms with E-state index in [1.807, 2.05) is 18.2 Å². The maximum atomic E-state index is 11.7. The zero-order valence-corrected chi connectivity index (χ0v) is 12.2. The van der Waals surface area contributed by atoms with E-state index in [-0.39, 0.29) is 12.0 Å². The molecular weight excluding hydrogens is 238 g/mol. The molecule has 0 saturated carbocycles. The van der Waals surface area contributed by atoms with Crippen LogP contribution in [0.25, 0.3) is 0 Å². The molecule has 0 amide bonds. The molecule has 2 unspecified atom stereocenters. The number of methoxy groups -OCH3 is 1. The predicted octanol–water partition coefficient (Wildman–Crippen LogP) is 2.94. The van der Waals surface area contributed by atoms with Gasteiger partial charge < -0.3 is 10.1 Å². The van der Waals surface area contributed by atoms with Crippen molar-refractivity contribution in [3.8, 4) is 0 Å². The largest absolute Gasteiger partial charge is 0.468 e. The molecule has 0 saturated heterocycles. The standard InChI is InChI=1S/C16H25NO2/c1-4-13(2)17-15(16(18)19-3)12-8-11-14-9-6-5-7-10-14/h5-7,9-10,13,15,17H,4,8,11-12H2,1-3H3. The average molecular weight is 263 g/mol. The van der Waals surface area contributed by atoms with Crippen LogP contribution in [0, 0.1) is 0 Å². The topological polar surface area (TPSA) is 38.3 Å². The average Bonchev–Trinajstić information content (AvgIpc) is 2.46. The number of carbonyl (C=O) groups excluding carboxylic acids is 1. The first-order valence-electron chi connectivity index (χ1n) is 7.05. The minimum atomic E-state index is -0.191. The van der Waals surface area contributed by atoms with Crippen molar-refractivity contribution in [1.29, 1.82) is 0 Å². The lowest BCUT2D eigenvalue weighted by atomic mass is 10.0. The molecule has 0 heterocycles. The highest BCUT2D eigenvalue weighted by Crippen LogP contribution is 2.08. The number of esters is 1. The molecule has 0 aliphatic carbocycles. The van der Waals surface area contributed by atoms with E-state index in [1.54, 1.807) is 0 Å².